The van der Waals surface area contributed by atoms with Crippen molar-refractivity contribution in [3.05, 3.63) is 24.0 Å². The maximum atomic E-state index is 13.2. The lowest BCUT2D eigenvalue weighted by Crippen LogP contribution is -2.45. The van der Waals surface area contributed by atoms with Gasteiger partial charge in [0.1, 0.15) is 11.6 Å². The third-order valence-corrected chi connectivity index (χ3v) is 3.94. The van der Waals surface area contributed by atoms with Gasteiger partial charge >= 0.3 is 6.03 Å². The molecule has 0 radical (unpaired) electrons. The molecule has 1 fully saturated rings. The first-order chi connectivity index (χ1) is 10.9. The molecule has 0 saturated carbocycles. The maximum absolute atomic E-state index is 13.2. The number of methoxy groups -OCH3 is 1. The summed E-state index contributed by atoms with van der Waals surface area (Å²) in [5.41, 5.74) is 0.450. The number of likely N-dealkylation sites (tertiary alicyclic amines) is 1. The van der Waals surface area contributed by atoms with Gasteiger partial charge in [-0.15, -0.1) is 0 Å². The number of carbonyl (C=O) groups excluding carboxylic acids is 2. The fraction of sp³-hybridized carbons (Fsp3) is 0.500. The van der Waals surface area contributed by atoms with Crippen molar-refractivity contribution in [1.82, 2.24) is 9.80 Å². The molecule has 1 aromatic carbocycles. The molecular formula is C16H22FN3O3. The fourth-order valence-corrected chi connectivity index (χ4v) is 2.62. The highest BCUT2D eigenvalue weighted by molar-refractivity contribution is 5.94. The summed E-state index contributed by atoms with van der Waals surface area (Å²) in [6.07, 6.45) is 1.21. The van der Waals surface area contributed by atoms with E-state index in [1.807, 2.05) is 0 Å². The zero-order valence-electron chi connectivity index (χ0n) is 13.6. The molecule has 1 heterocycles. The predicted octanol–water partition coefficient (Wildman–Crippen LogP) is 2.17. The Balaban J connectivity index is 1.94. The Bertz CT molecular complexity index is 584. The largest absolute Gasteiger partial charge is 0.494 e. The average Bonchev–Trinajstić information content (AvgIpc) is 2.55. The highest BCUT2D eigenvalue weighted by atomic mass is 19.1. The summed E-state index contributed by atoms with van der Waals surface area (Å²) in [5, 5.41) is 2.78. The first-order valence-corrected chi connectivity index (χ1v) is 7.53. The van der Waals surface area contributed by atoms with Crippen LogP contribution in [-0.2, 0) is 4.79 Å². The minimum atomic E-state index is -0.421. The molecule has 126 valence electrons. The normalized spacial score (nSPS) is 15.2. The van der Waals surface area contributed by atoms with E-state index in [9.17, 15) is 14.0 Å². The lowest BCUT2D eigenvalue weighted by atomic mass is 9.96. The second-order valence-corrected chi connectivity index (χ2v) is 5.77. The summed E-state index contributed by atoms with van der Waals surface area (Å²) in [4.78, 5) is 27.5. The van der Waals surface area contributed by atoms with Gasteiger partial charge in [-0.05, 0) is 25.0 Å². The molecule has 1 aliphatic rings. The second kappa shape index (κ2) is 7.30. The molecule has 1 saturated heterocycles. The van der Waals surface area contributed by atoms with Crippen LogP contribution in [0.15, 0.2) is 18.2 Å². The molecule has 0 spiro atoms. The molecule has 1 aliphatic heterocycles. The van der Waals surface area contributed by atoms with E-state index in [0.717, 1.165) is 0 Å². The summed E-state index contributed by atoms with van der Waals surface area (Å²) in [7, 11) is 4.85. The van der Waals surface area contributed by atoms with E-state index in [4.69, 9.17) is 4.74 Å². The van der Waals surface area contributed by atoms with Crippen molar-refractivity contribution < 1.29 is 18.7 Å². The van der Waals surface area contributed by atoms with Gasteiger partial charge < -0.3 is 19.9 Å². The Morgan fingerprint density at radius 3 is 2.52 bits per heavy atom. The number of anilines is 1. The molecule has 0 aliphatic carbocycles. The van der Waals surface area contributed by atoms with Crippen LogP contribution in [0, 0.1) is 11.7 Å². The van der Waals surface area contributed by atoms with Crippen molar-refractivity contribution in [1.29, 1.82) is 0 Å². The summed E-state index contributed by atoms with van der Waals surface area (Å²) in [6, 6.07) is 3.95. The summed E-state index contributed by atoms with van der Waals surface area (Å²) >= 11 is 0. The molecule has 3 amide bonds. The Morgan fingerprint density at radius 2 is 1.96 bits per heavy atom. The van der Waals surface area contributed by atoms with E-state index in [1.54, 1.807) is 19.0 Å². The van der Waals surface area contributed by atoms with Crippen LogP contribution in [-0.4, -0.2) is 56.0 Å². The Labute approximate surface area is 135 Å². The summed E-state index contributed by atoms with van der Waals surface area (Å²) in [6.45, 7) is 1.10. The second-order valence-electron chi connectivity index (χ2n) is 5.77. The van der Waals surface area contributed by atoms with Crippen LogP contribution in [0.4, 0.5) is 14.9 Å². The highest BCUT2D eigenvalue weighted by Gasteiger charge is 2.28. The van der Waals surface area contributed by atoms with Crippen molar-refractivity contribution in [2.24, 2.45) is 5.92 Å². The number of nitrogens with one attached hydrogen (secondary N) is 1. The van der Waals surface area contributed by atoms with E-state index in [2.05, 4.69) is 5.32 Å². The van der Waals surface area contributed by atoms with E-state index in [1.165, 1.54) is 30.2 Å². The predicted molar refractivity (Wildman–Crippen MR) is 85.0 cm³/mol. The monoisotopic (exact) mass is 323 g/mol. The van der Waals surface area contributed by atoms with Crippen molar-refractivity contribution in [2.45, 2.75) is 12.8 Å². The van der Waals surface area contributed by atoms with E-state index >= 15 is 0 Å². The van der Waals surface area contributed by atoms with Gasteiger partial charge in [0.2, 0.25) is 5.91 Å². The number of benzene rings is 1. The minimum absolute atomic E-state index is 0.0379. The smallest absolute Gasteiger partial charge is 0.319 e. The maximum Gasteiger partial charge on any atom is 0.319 e. The van der Waals surface area contributed by atoms with Gasteiger partial charge in [0.25, 0.3) is 0 Å². The van der Waals surface area contributed by atoms with Crippen LogP contribution in [0.2, 0.25) is 0 Å². The number of ether oxygens (including phenoxy) is 1. The molecule has 23 heavy (non-hydrogen) atoms. The Morgan fingerprint density at radius 1 is 1.30 bits per heavy atom. The van der Waals surface area contributed by atoms with Gasteiger partial charge in [-0.3, -0.25) is 4.79 Å². The molecule has 0 atom stereocenters. The van der Waals surface area contributed by atoms with Gasteiger partial charge in [0.15, 0.2) is 0 Å². The number of hydrogen-bond donors (Lipinski definition) is 1. The number of hydrogen-bond acceptors (Lipinski definition) is 3. The van der Waals surface area contributed by atoms with Gasteiger partial charge in [0.05, 0.1) is 12.8 Å². The SMILES string of the molecule is COc1cc(F)ccc1NC(=O)C1CCN(C(=O)N(C)C)CC1. The molecule has 0 unspecified atom stereocenters. The topological polar surface area (TPSA) is 61.9 Å². The van der Waals surface area contributed by atoms with Crippen LogP contribution in [0.3, 0.4) is 0 Å². The van der Waals surface area contributed by atoms with Crippen LogP contribution < -0.4 is 10.1 Å². The number of nitrogens with zero attached hydrogens (tertiary/aromatic N) is 2. The number of piperidine rings is 1. The standard InChI is InChI=1S/C16H22FN3O3/c1-19(2)16(22)20-8-6-11(7-9-20)15(21)18-13-5-4-12(17)10-14(13)23-3/h4-5,10-11H,6-9H2,1-3H3,(H,18,21). The van der Waals surface area contributed by atoms with Crippen LogP contribution in [0.1, 0.15) is 12.8 Å². The highest BCUT2D eigenvalue weighted by Crippen LogP contribution is 2.27. The van der Waals surface area contributed by atoms with E-state index in [0.29, 0.717) is 37.4 Å². The third kappa shape index (κ3) is 4.12. The molecular weight excluding hydrogens is 301 g/mol. The number of urea groups is 1. The summed E-state index contributed by atoms with van der Waals surface area (Å²) < 4.78 is 18.3. The number of amides is 3. The average molecular weight is 323 g/mol. The van der Waals surface area contributed by atoms with Gasteiger partial charge in [-0.1, -0.05) is 0 Å². The first kappa shape index (κ1) is 17.1. The molecule has 1 aromatic rings. The van der Waals surface area contributed by atoms with Gasteiger partial charge in [-0.25, -0.2) is 9.18 Å². The van der Waals surface area contributed by atoms with Crippen LogP contribution >= 0.6 is 0 Å². The van der Waals surface area contributed by atoms with Crippen LogP contribution in [0.25, 0.3) is 0 Å². The first-order valence-electron chi connectivity index (χ1n) is 7.53. The molecule has 0 aromatic heterocycles. The Hall–Kier alpha value is -2.31. The molecule has 2 rings (SSSR count). The molecule has 6 nitrogen and oxygen atoms in total. The minimum Gasteiger partial charge on any atom is -0.494 e. The van der Waals surface area contributed by atoms with Gasteiger partial charge in [0, 0.05) is 39.2 Å². The fourth-order valence-electron chi connectivity index (χ4n) is 2.62. The molecule has 1 N–H and O–H groups in total. The quantitative estimate of drug-likeness (QED) is 0.927. The van der Waals surface area contributed by atoms with Gasteiger partial charge in [-0.2, -0.15) is 0 Å². The Kier molecular flexibility index (Phi) is 5.41. The zero-order valence-corrected chi connectivity index (χ0v) is 13.6. The lowest BCUT2D eigenvalue weighted by Gasteiger charge is -2.33. The lowest BCUT2D eigenvalue weighted by molar-refractivity contribution is -0.121. The number of halogens is 1. The molecule has 0 bridgehead atoms. The van der Waals surface area contributed by atoms with Crippen molar-refractivity contribution >= 4 is 17.6 Å². The number of carbonyl (C=O) groups is 2. The van der Waals surface area contributed by atoms with Crippen LogP contribution in [0.5, 0.6) is 5.75 Å². The molecule has 7 heteroatoms. The zero-order chi connectivity index (χ0) is 17.0. The van der Waals surface area contributed by atoms with E-state index < -0.39 is 5.82 Å². The van der Waals surface area contributed by atoms with Crippen molar-refractivity contribution in [2.75, 3.05) is 39.6 Å². The van der Waals surface area contributed by atoms with Crippen molar-refractivity contribution in [3.8, 4) is 5.75 Å². The third-order valence-electron chi connectivity index (χ3n) is 3.94. The summed E-state index contributed by atoms with van der Waals surface area (Å²) in [5.74, 6) is -0.434. The number of rotatable bonds is 3. The van der Waals surface area contributed by atoms with E-state index in [-0.39, 0.29) is 17.9 Å². The van der Waals surface area contributed by atoms with Crippen molar-refractivity contribution in [3.63, 3.8) is 0 Å².